The van der Waals surface area contributed by atoms with E-state index in [1.807, 2.05) is 18.2 Å². The number of hydrogen-bond donors (Lipinski definition) is 1. The molecule has 0 bridgehead atoms. The Morgan fingerprint density at radius 1 is 1.30 bits per heavy atom. The lowest BCUT2D eigenvalue weighted by atomic mass is 9.98. The number of piperidine rings is 1. The van der Waals surface area contributed by atoms with Gasteiger partial charge >= 0.3 is 5.97 Å². The Bertz CT molecular complexity index is 753. The molecule has 2 aromatic heterocycles. The van der Waals surface area contributed by atoms with Crippen molar-refractivity contribution >= 4 is 17.5 Å². The van der Waals surface area contributed by atoms with E-state index in [0.29, 0.717) is 24.2 Å². The molecule has 1 N–H and O–H groups in total. The number of aliphatic carboxylic acids is 1. The van der Waals surface area contributed by atoms with Crippen LogP contribution in [0.25, 0.3) is 5.65 Å². The highest BCUT2D eigenvalue weighted by Crippen LogP contribution is 2.20. The molecule has 1 amide bonds. The van der Waals surface area contributed by atoms with Gasteiger partial charge in [0.15, 0.2) is 5.65 Å². The van der Waals surface area contributed by atoms with Crippen LogP contribution in [0.2, 0.25) is 0 Å². The maximum Gasteiger partial charge on any atom is 0.308 e. The second-order valence-corrected chi connectivity index (χ2v) is 6.29. The van der Waals surface area contributed by atoms with E-state index in [-0.39, 0.29) is 18.4 Å². The molecule has 7 nitrogen and oxygen atoms in total. The fourth-order valence-electron chi connectivity index (χ4n) is 2.97. The summed E-state index contributed by atoms with van der Waals surface area (Å²) in [5, 5.41) is 17.4. The van der Waals surface area contributed by atoms with Crippen LogP contribution in [0.4, 0.5) is 0 Å². The Morgan fingerprint density at radius 3 is 2.78 bits per heavy atom. The second-order valence-electron chi connectivity index (χ2n) is 6.29. The maximum absolute atomic E-state index is 12.7. The number of pyridine rings is 1. The number of carboxylic acids is 1. The molecule has 0 spiro atoms. The minimum atomic E-state index is -0.834. The average Bonchev–Trinajstić information content (AvgIpc) is 2.97. The molecule has 1 fully saturated rings. The van der Waals surface area contributed by atoms with Gasteiger partial charge in [-0.2, -0.15) is 0 Å². The minimum absolute atomic E-state index is 0.138. The van der Waals surface area contributed by atoms with Gasteiger partial charge in [-0.15, -0.1) is 10.2 Å². The molecule has 1 unspecified atom stereocenters. The fourth-order valence-corrected chi connectivity index (χ4v) is 2.97. The number of likely N-dealkylation sites (tertiary alicyclic amines) is 1. The zero-order valence-corrected chi connectivity index (χ0v) is 13.3. The van der Waals surface area contributed by atoms with Crippen molar-refractivity contribution in [3.05, 3.63) is 29.7 Å². The molecule has 0 aromatic carbocycles. The van der Waals surface area contributed by atoms with E-state index < -0.39 is 11.9 Å². The summed E-state index contributed by atoms with van der Waals surface area (Å²) in [5.41, 5.74) is 1.23. The fraction of sp³-hybridized carbons (Fsp3) is 0.500. The monoisotopic (exact) mass is 316 g/mol. The summed E-state index contributed by atoms with van der Waals surface area (Å²) >= 11 is 0. The highest BCUT2D eigenvalue weighted by atomic mass is 16.4. The maximum atomic E-state index is 12.7. The summed E-state index contributed by atoms with van der Waals surface area (Å²) in [6.07, 6.45) is 3.09. The Morgan fingerprint density at radius 2 is 2.09 bits per heavy atom. The Hall–Kier alpha value is -2.44. The number of nitrogens with zero attached hydrogens (tertiary/aromatic N) is 4. The first-order valence-electron chi connectivity index (χ1n) is 7.84. The smallest absolute Gasteiger partial charge is 0.308 e. The highest BCUT2D eigenvalue weighted by molar-refractivity contribution is 5.94. The summed E-state index contributed by atoms with van der Waals surface area (Å²) in [4.78, 5) is 25.5. The zero-order chi connectivity index (χ0) is 16.6. The van der Waals surface area contributed by atoms with E-state index in [2.05, 4.69) is 10.2 Å². The van der Waals surface area contributed by atoms with Gasteiger partial charge in [-0.05, 0) is 25.0 Å². The lowest BCUT2D eigenvalue weighted by molar-refractivity contribution is -0.143. The van der Waals surface area contributed by atoms with Gasteiger partial charge in [0.2, 0.25) is 0 Å². The summed E-state index contributed by atoms with van der Waals surface area (Å²) in [6, 6.07) is 3.49. The van der Waals surface area contributed by atoms with Gasteiger partial charge in [-0.3, -0.25) is 14.0 Å². The molecular weight excluding hydrogens is 296 g/mol. The Balaban J connectivity index is 1.88. The normalized spacial score (nSPS) is 18.6. The molecule has 1 aliphatic rings. The summed E-state index contributed by atoms with van der Waals surface area (Å²) in [7, 11) is 0. The van der Waals surface area contributed by atoms with Crippen molar-refractivity contribution in [3.8, 4) is 0 Å². The van der Waals surface area contributed by atoms with Crippen molar-refractivity contribution in [2.45, 2.75) is 32.6 Å². The topological polar surface area (TPSA) is 87.8 Å². The first kappa shape index (κ1) is 15.5. The van der Waals surface area contributed by atoms with E-state index in [1.165, 1.54) is 0 Å². The first-order valence-corrected chi connectivity index (χ1v) is 7.84. The highest BCUT2D eigenvalue weighted by Gasteiger charge is 2.28. The predicted molar refractivity (Wildman–Crippen MR) is 83.3 cm³/mol. The van der Waals surface area contributed by atoms with Crippen molar-refractivity contribution in [1.82, 2.24) is 19.5 Å². The molecule has 1 saturated heterocycles. The number of aromatic nitrogens is 3. The van der Waals surface area contributed by atoms with Crippen LogP contribution < -0.4 is 0 Å². The summed E-state index contributed by atoms with van der Waals surface area (Å²) in [6.45, 7) is 4.91. The SMILES string of the molecule is CC(C)c1nnc2ccc(C(=O)N3CCCC(C(=O)O)C3)cn12. The van der Waals surface area contributed by atoms with Crippen LogP contribution in [0.1, 0.15) is 48.8 Å². The number of rotatable bonds is 3. The molecule has 3 rings (SSSR count). The van der Waals surface area contributed by atoms with E-state index in [1.54, 1.807) is 23.2 Å². The van der Waals surface area contributed by atoms with Gasteiger partial charge < -0.3 is 10.0 Å². The standard InChI is InChI=1S/C16H20N4O3/c1-10(2)14-18-17-13-6-5-11(9-20(13)14)15(21)19-7-3-4-12(8-19)16(22)23/h5-6,9-10,12H,3-4,7-8H2,1-2H3,(H,22,23). The lowest BCUT2D eigenvalue weighted by Gasteiger charge is -2.30. The third kappa shape index (κ3) is 2.91. The van der Waals surface area contributed by atoms with Gasteiger partial charge in [0.1, 0.15) is 5.82 Å². The predicted octanol–water partition coefficient (Wildman–Crippen LogP) is 1.79. The van der Waals surface area contributed by atoms with Gasteiger partial charge in [0, 0.05) is 25.2 Å². The molecule has 3 heterocycles. The van der Waals surface area contributed by atoms with Gasteiger partial charge in [0.25, 0.3) is 5.91 Å². The van der Waals surface area contributed by atoms with E-state index in [0.717, 1.165) is 12.2 Å². The molecular formula is C16H20N4O3. The molecule has 1 atom stereocenters. The van der Waals surface area contributed by atoms with Crippen LogP contribution in [-0.4, -0.2) is 49.6 Å². The molecule has 1 aliphatic heterocycles. The number of hydrogen-bond acceptors (Lipinski definition) is 4. The largest absolute Gasteiger partial charge is 0.481 e. The average molecular weight is 316 g/mol. The van der Waals surface area contributed by atoms with E-state index >= 15 is 0 Å². The van der Waals surface area contributed by atoms with Gasteiger partial charge in [-0.25, -0.2) is 0 Å². The third-order valence-corrected chi connectivity index (χ3v) is 4.25. The molecule has 122 valence electrons. The van der Waals surface area contributed by atoms with Crippen molar-refractivity contribution < 1.29 is 14.7 Å². The van der Waals surface area contributed by atoms with Crippen molar-refractivity contribution in [3.63, 3.8) is 0 Å². The van der Waals surface area contributed by atoms with Crippen molar-refractivity contribution in [1.29, 1.82) is 0 Å². The molecule has 2 aromatic rings. The molecule has 0 saturated carbocycles. The van der Waals surface area contributed by atoms with E-state index in [9.17, 15) is 9.59 Å². The van der Waals surface area contributed by atoms with Crippen LogP contribution in [0, 0.1) is 5.92 Å². The lowest BCUT2D eigenvalue weighted by Crippen LogP contribution is -2.42. The Labute approximate surface area is 133 Å². The number of carbonyl (C=O) groups is 2. The summed E-state index contributed by atoms with van der Waals surface area (Å²) in [5.74, 6) is -0.448. The third-order valence-electron chi connectivity index (χ3n) is 4.25. The molecule has 7 heteroatoms. The molecule has 0 radical (unpaired) electrons. The molecule has 0 aliphatic carbocycles. The number of carboxylic acid groups (broad SMARTS) is 1. The van der Waals surface area contributed by atoms with Crippen LogP contribution in [0.5, 0.6) is 0 Å². The second kappa shape index (κ2) is 5.98. The number of fused-ring (bicyclic) bond motifs is 1. The summed E-state index contributed by atoms with van der Waals surface area (Å²) < 4.78 is 1.83. The zero-order valence-electron chi connectivity index (χ0n) is 13.3. The molecule has 23 heavy (non-hydrogen) atoms. The van der Waals surface area contributed by atoms with Crippen molar-refractivity contribution in [2.75, 3.05) is 13.1 Å². The van der Waals surface area contributed by atoms with Crippen LogP contribution in [0.3, 0.4) is 0 Å². The van der Waals surface area contributed by atoms with Crippen LogP contribution >= 0.6 is 0 Å². The van der Waals surface area contributed by atoms with Crippen molar-refractivity contribution in [2.24, 2.45) is 5.92 Å². The number of carbonyl (C=O) groups excluding carboxylic acids is 1. The van der Waals surface area contributed by atoms with Crippen LogP contribution in [0.15, 0.2) is 18.3 Å². The minimum Gasteiger partial charge on any atom is -0.481 e. The first-order chi connectivity index (χ1) is 11.0. The quantitative estimate of drug-likeness (QED) is 0.932. The van der Waals surface area contributed by atoms with Crippen LogP contribution in [-0.2, 0) is 4.79 Å². The Kier molecular flexibility index (Phi) is 4.02. The van der Waals surface area contributed by atoms with Gasteiger partial charge in [0.05, 0.1) is 11.5 Å². The van der Waals surface area contributed by atoms with Gasteiger partial charge in [-0.1, -0.05) is 13.8 Å². The van der Waals surface area contributed by atoms with E-state index in [4.69, 9.17) is 5.11 Å². The number of amides is 1.